The van der Waals surface area contributed by atoms with E-state index in [-0.39, 0.29) is 11.2 Å². The molecule has 0 atom stereocenters. The fourth-order valence-electron chi connectivity index (χ4n) is 1.52. The lowest BCUT2D eigenvalue weighted by Gasteiger charge is -2.21. The van der Waals surface area contributed by atoms with E-state index in [0.717, 1.165) is 6.07 Å². The summed E-state index contributed by atoms with van der Waals surface area (Å²) in [6.45, 7) is 7.09. The summed E-state index contributed by atoms with van der Waals surface area (Å²) < 4.78 is 38.1. The molecule has 0 aliphatic rings. The van der Waals surface area contributed by atoms with Gasteiger partial charge >= 0.3 is 6.18 Å². The second kappa shape index (κ2) is 5.61. The molecule has 0 aliphatic heterocycles. The second-order valence-corrected chi connectivity index (χ2v) is 5.15. The van der Waals surface area contributed by atoms with Crippen LogP contribution in [0.25, 0.3) is 0 Å². The molecule has 0 fully saturated rings. The van der Waals surface area contributed by atoms with Crippen LogP contribution in [0.2, 0.25) is 0 Å². The van der Waals surface area contributed by atoms with Crippen LogP contribution in [0.1, 0.15) is 26.3 Å². The first-order chi connectivity index (χ1) is 8.20. The van der Waals surface area contributed by atoms with Crippen LogP contribution < -0.4 is 10.6 Å². The van der Waals surface area contributed by atoms with Gasteiger partial charge in [0.05, 0.1) is 5.56 Å². The zero-order valence-corrected chi connectivity index (χ0v) is 10.9. The Morgan fingerprint density at radius 2 is 1.61 bits per heavy atom. The maximum Gasteiger partial charge on any atom is 0.418 e. The summed E-state index contributed by atoms with van der Waals surface area (Å²) in [4.78, 5) is 0. The average Bonchev–Trinajstić information content (AvgIpc) is 2.22. The summed E-state index contributed by atoms with van der Waals surface area (Å²) in [6.07, 6.45) is -4.32. The van der Waals surface area contributed by atoms with Crippen LogP contribution in [0, 0.1) is 0 Å². The zero-order chi connectivity index (χ0) is 13.8. The Morgan fingerprint density at radius 3 is 2.17 bits per heavy atom. The number of hydrogen-bond acceptors (Lipinski definition) is 2. The highest BCUT2D eigenvalue weighted by atomic mass is 19.4. The highest BCUT2D eigenvalue weighted by molar-refractivity contribution is 5.52. The van der Waals surface area contributed by atoms with Gasteiger partial charge < -0.3 is 10.6 Å². The Kier molecular flexibility index (Phi) is 4.62. The molecule has 0 unspecified atom stereocenters. The Morgan fingerprint density at radius 1 is 1.00 bits per heavy atom. The van der Waals surface area contributed by atoms with Crippen molar-refractivity contribution >= 4 is 5.69 Å². The number of para-hydroxylation sites is 1. The second-order valence-electron chi connectivity index (χ2n) is 5.15. The van der Waals surface area contributed by atoms with Crippen LogP contribution in [-0.4, -0.2) is 18.6 Å². The van der Waals surface area contributed by atoms with Gasteiger partial charge in [0.15, 0.2) is 0 Å². The van der Waals surface area contributed by atoms with E-state index in [4.69, 9.17) is 0 Å². The molecular formula is C13H19F3N2. The van der Waals surface area contributed by atoms with Crippen LogP contribution >= 0.6 is 0 Å². The Bertz CT molecular complexity index is 381. The Labute approximate surface area is 106 Å². The molecule has 0 aromatic heterocycles. The van der Waals surface area contributed by atoms with Crippen molar-refractivity contribution in [1.29, 1.82) is 0 Å². The standard InChI is InChI=1S/C13H19F3N2/c1-12(2,3)18-9-8-17-11-7-5-4-6-10(11)13(14,15)16/h4-7,17-18H,8-9H2,1-3H3. The average molecular weight is 260 g/mol. The lowest BCUT2D eigenvalue weighted by atomic mass is 10.1. The number of nitrogens with one attached hydrogen (secondary N) is 2. The molecule has 18 heavy (non-hydrogen) atoms. The van der Waals surface area contributed by atoms with E-state index >= 15 is 0 Å². The maximum absolute atomic E-state index is 12.7. The van der Waals surface area contributed by atoms with Crippen molar-refractivity contribution in [2.45, 2.75) is 32.5 Å². The summed E-state index contributed by atoms with van der Waals surface area (Å²) in [5.41, 5.74) is -0.535. The van der Waals surface area contributed by atoms with Crippen molar-refractivity contribution in [2.75, 3.05) is 18.4 Å². The van der Waals surface area contributed by atoms with Crippen molar-refractivity contribution in [1.82, 2.24) is 5.32 Å². The third-order valence-electron chi connectivity index (χ3n) is 2.33. The molecular weight excluding hydrogens is 241 g/mol. The normalized spacial score (nSPS) is 12.6. The van der Waals surface area contributed by atoms with E-state index in [0.29, 0.717) is 13.1 Å². The molecule has 5 heteroatoms. The molecule has 0 spiro atoms. The smallest absolute Gasteiger partial charge is 0.383 e. The lowest BCUT2D eigenvalue weighted by molar-refractivity contribution is -0.136. The van der Waals surface area contributed by atoms with Gasteiger partial charge in [-0.15, -0.1) is 0 Å². The first-order valence-corrected chi connectivity index (χ1v) is 5.85. The van der Waals surface area contributed by atoms with Crippen LogP contribution in [0.4, 0.5) is 18.9 Å². The van der Waals surface area contributed by atoms with Gasteiger partial charge in [-0.1, -0.05) is 12.1 Å². The lowest BCUT2D eigenvalue weighted by Crippen LogP contribution is -2.38. The summed E-state index contributed by atoms with van der Waals surface area (Å²) in [5, 5.41) is 6.02. The van der Waals surface area contributed by atoms with Gasteiger partial charge in [0.2, 0.25) is 0 Å². The van der Waals surface area contributed by atoms with Crippen LogP contribution in [0.3, 0.4) is 0 Å². The molecule has 2 N–H and O–H groups in total. The fraction of sp³-hybridized carbons (Fsp3) is 0.538. The largest absolute Gasteiger partial charge is 0.418 e. The van der Waals surface area contributed by atoms with Crippen molar-refractivity contribution in [2.24, 2.45) is 0 Å². The predicted octanol–water partition coefficient (Wildman–Crippen LogP) is 3.51. The molecule has 0 bridgehead atoms. The van der Waals surface area contributed by atoms with E-state index in [1.54, 1.807) is 6.07 Å². The molecule has 2 nitrogen and oxygen atoms in total. The number of benzene rings is 1. The minimum Gasteiger partial charge on any atom is -0.383 e. The zero-order valence-electron chi connectivity index (χ0n) is 10.9. The highest BCUT2D eigenvalue weighted by Crippen LogP contribution is 2.34. The third-order valence-corrected chi connectivity index (χ3v) is 2.33. The molecule has 0 heterocycles. The molecule has 0 saturated heterocycles. The van der Waals surface area contributed by atoms with Crippen LogP contribution in [0.5, 0.6) is 0 Å². The van der Waals surface area contributed by atoms with Crippen LogP contribution in [0.15, 0.2) is 24.3 Å². The van der Waals surface area contributed by atoms with Gasteiger partial charge in [-0.25, -0.2) is 0 Å². The first kappa shape index (κ1) is 14.8. The maximum atomic E-state index is 12.7. The van der Waals surface area contributed by atoms with Crippen molar-refractivity contribution in [3.63, 3.8) is 0 Å². The summed E-state index contributed by atoms with van der Waals surface area (Å²) in [7, 11) is 0. The minimum atomic E-state index is -4.32. The van der Waals surface area contributed by atoms with E-state index in [1.165, 1.54) is 12.1 Å². The van der Waals surface area contributed by atoms with E-state index in [1.807, 2.05) is 20.8 Å². The van der Waals surface area contributed by atoms with Gasteiger partial charge in [-0.2, -0.15) is 13.2 Å². The van der Waals surface area contributed by atoms with E-state index < -0.39 is 11.7 Å². The molecule has 0 amide bonds. The third kappa shape index (κ3) is 4.96. The number of hydrogen-bond donors (Lipinski definition) is 2. The van der Waals surface area contributed by atoms with Crippen molar-refractivity contribution in [3.8, 4) is 0 Å². The van der Waals surface area contributed by atoms with Gasteiger partial charge in [0.25, 0.3) is 0 Å². The van der Waals surface area contributed by atoms with Gasteiger partial charge in [0, 0.05) is 24.3 Å². The number of anilines is 1. The topological polar surface area (TPSA) is 24.1 Å². The monoisotopic (exact) mass is 260 g/mol. The summed E-state index contributed by atoms with van der Waals surface area (Å²) in [6, 6.07) is 5.51. The van der Waals surface area contributed by atoms with E-state index in [9.17, 15) is 13.2 Å². The van der Waals surface area contributed by atoms with Gasteiger partial charge in [-0.05, 0) is 32.9 Å². The van der Waals surface area contributed by atoms with Crippen molar-refractivity contribution in [3.05, 3.63) is 29.8 Å². The molecule has 1 aromatic rings. The number of alkyl halides is 3. The number of rotatable bonds is 4. The fourth-order valence-corrected chi connectivity index (χ4v) is 1.52. The highest BCUT2D eigenvalue weighted by Gasteiger charge is 2.32. The SMILES string of the molecule is CC(C)(C)NCCNc1ccccc1C(F)(F)F. The number of halogens is 3. The molecule has 0 aliphatic carbocycles. The Balaban J connectivity index is 2.58. The molecule has 0 radical (unpaired) electrons. The molecule has 0 saturated carbocycles. The quantitative estimate of drug-likeness (QED) is 0.810. The van der Waals surface area contributed by atoms with Crippen LogP contribution in [-0.2, 0) is 6.18 Å². The van der Waals surface area contributed by atoms with Gasteiger partial charge in [-0.3, -0.25) is 0 Å². The first-order valence-electron chi connectivity index (χ1n) is 5.85. The Hall–Kier alpha value is -1.23. The minimum absolute atomic E-state index is 0.0365. The summed E-state index contributed by atoms with van der Waals surface area (Å²) in [5.74, 6) is 0. The predicted molar refractivity (Wildman–Crippen MR) is 67.7 cm³/mol. The summed E-state index contributed by atoms with van der Waals surface area (Å²) >= 11 is 0. The van der Waals surface area contributed by atoms with E-state index in [2.05, 4.69) is 10.6 Å². The van der Waals surface area contributed by atoms with Gasteiger partial charge in [0.1, 0.15) is 0 Å². The molecule has 102 valence electrons. The molecule has 1 aromatic carbocycles. The van der Waals surface area contributed by atoms with Crippen molar-refractivity contribution < 1.29 is 13.2 Å². The molecule has 1 rings (SSSR count).